The van der Waals surface area contributed by atoms with Gasteiger partial charge < -0.3 is 10.5 Å². The number of amides is 1. The molecule has 1 atom stereocenters. The molecule has 126 valence electrons. The molecule has 25 heavy (non-hydrogen) atoms. The van der Waals surface area contributed by atoms with Crippen LogP contribution >= 0.6 is 0 Å². The van der Waals surface area contributed by atoms with Crippen LogP contribution in [-0.4, -0.2) is 21.7 Å². The van der Waals surface area contributed by atoms with Gasteiger partial charge in [-0.15, -0.1) is 0 Å². The molecule has 0 spiro atoms. The maximum absolute atomic E-state index is 12.3. The highest BCUT2D eigenvalue weighted by Gasteiger charge is 2.23. The lowest BCUT2D eigenvalue weighted by molar-refractivity contribution is -0.127. The largest absolute Gasteiger partial charge is 0.444 e. The number of esters is 1. The van der Waals surface area contributed by atoms with E-state index >= 15 is 0 Å². The Labute approximate surface area is 144 Å². The summed E-state index contributed by atoms with van der Waals surface area (Å²) < 4.78 is 7.08. The maximum Gasteiger partial charge on any atom is 0.339 e. The summed E-state index contributed by atoms with van der Waals surface area (Å²) in [6.45, 7) is 0.607. The summed E-state index contributed by atoms with van der Waals surface area (Å²) in [6, 6.07) is 17.5. The fourth-order valence-electron chi connectivity index (χ4n) is 2.42. The Hall–Kier alpha value is -3.41. The minimum atomic E-state index is -1.11. The molecule has 6 heteroatoms. The number of hydrogen-bond acceptors (Lipinski definition) is 4. The molecule has 0 fully saturated rings. The predicted molar refractivity (Wildman–Crippen MR) is 91.6 cm³/mol. The number of ether oxygens (including phenoxy) is 1. The SMILES string of the molecule is NC(=O)C(OC(=O)c1ccc(Cn2cccn2)cc1)c1ccccc1. The minimum absolute atomic E-state index is 0.353. The standard InChI is InChI=1S/C19H17N3O3/c20-18(23)17(15-5-2-1-3-6-15)25-19(24)16-9-7-14(8-10-16)13-22-12-4-11-21-22/h1-12,17H,13H2,(H2,20,23). The Morgan fingerprint density at radius 1 is 1.04 bits per heavy atom. The van der Waals surface area contributed by atoms with Crippen LogP contribution in [-0.2, 0) is 16.1 Å². The molecule has 0 radical (unpaired) electrons. The molecule has 1 amide bonds. The van der Waals surface area contributed by atoms with Crippen LogP contribution < -0.4 is 5.73 Å². The van der Waals surface area contributed by atoms with Gasteiger partial charge in [0.15, 0.2) is 0 Å². The van der Waals surface area contributed by atoms with Gasteiger partial charge in [0.1, 0.15) is 0 Å². The molecule has 1 aromatic heterocycles. The number of nitrogens with zero attached hydrogens (tertiary/aromatic N) is 2. The highest BCUT2D eigenvalue weighted by atomic mass is 16.5. The highest BCUT2D eigenvalue weighted by molar-refractivity contribution is 5.92. The van der Waals surface area contributed by atoms with Gasteiger partial charge in [0.2, 0.25) is 6.10 Å². The molecule has 1 unspecified atom stereocenters. The van der Waals surface area contributed by atoms with E-state index in [9.17, 15) is 9.59 Å². The first-order valence-electron chi connectivity index (χ1n) is 7.75. The quantitative estimate of drug-likeness (QED) is 0.700. The lowest BCUT2D eigenvalue weighted by atomic mass is 10.1. The summed E-state index contributed by atoms with van der Waals surface area (Å²) in [4.78, 5) is 23.9. The van der Waals surface area contributed by atoms with E-state index in [0.717, 1.165) is 5.56 Å². The van der Waals surface area contributed by atoms with Crippen LogP contribution in [0.2, 0.25) is 0 Å². The second-order valence-corrected chi connectivity index (χ2v) is 5.50. The van der Waals surface area contributed by atoms with Crippen molar-refractivity contribution < 1.29 is 14.3 Å². The van der Waals surface area contributed by atoms with Crippen molar-refractivity contribution in [2.75, 3.05) is 0 Å². The first-order chi connectivity index (χ1) is 12.1. The van der Waals surface area contributed by atoms with Crippen LogP contribution in [0.15, 0.2) is 73.1 Å². The Morgan fingerprint density at radius 2 is 1.76 bits per heavy atom. The molecule has 0 bridgehead atoms. The Morgan fingerprint density at radius 3 is 2.36 bits per heavy atom. The van der Waals surface area contributed by atoms with Crippen molar-refractivity contribution in [1.29, 1.82) is 0 Å². The average molecular weight is 335 g/mol. The molecule has 0 saturated heterocycles. The molecule has 0 aliphatic carbocycles. The molecule has 0 saturated carbocycles. The Kier molecular flexibility index (Phi) is 4.89. The van der Waals surface area contributed by atoms with Crippen LogP contribution in [0.25, 0.3) is 0 Å². The average Bonchev–Trinajstić information content (AvgIpc) is 3.13. The number of nitrogens with two attached hydrogens (primary N) is 1. The van der Waals surface area contributed by atoms with E-state index < -0.39 is 18.0 Å². The van der Waals surface area contributed by atoms with Gasteiger partial charge in [0.25, 0.3) is 5.91 Å². The second-order valence-electron chi connectivity index (χ2n) is 5.50. The van der Waals surface area contributed by atoms with Gasteiger partial charge in [0.05, 0.1) is 12.1 Å². The van der Waals surface area contributed by atoms with Gasteiger partial charge >= 0.3 is 5.97 Å². The number of aromatic nitrogens is 2. The van der Waals surface area contributed by atoms with E-state index in [4.69, 9.17) is 10.5 Å². The summed E-state index contributed by atoms with van der Waals surface area (Å²) in [5, 5.41) is 4.14. The van der Waals surface area contributed by atoms with Crippen molar-refractivity contribution in [2.45, 2.75) is 12.6 Å². The van der Waals surface area contributed by atoms with Crippen LogP contribution in [0.5, 0.6) is 0 Å². The summed E-state index contributed by atoms with van der Waals surface area (Å²) >= 11 is 0. The predicted octanol–water partition coefficient (Wildman–Crippen LogP) is 2.31. The number of hydrogen-bond donors (Lipinski definition) is 1. The number of rotatable bonds is 6. The summed E-state index contributed by atoms with van der Waals surface area (Å²) in [5.41, 5.74) is 7.26. The molecule has 6 nitrogen and oxygen atoms in total. The van der Waals surface area contributed by atoms with Crippen molar-refractivity contribution in [3.8, 4) is 0 Å². The number of primary amides is 1. The summed E-state index contributed by atoms with van der Waals surface area (Å²) in [5.74, 6) is -1.31. The van der Waals surface area contributed by atoms with Crippen LogP contribution in [0.4, 0.5) is 0 Å². The van der Waals surface area contributed by atoms with E-state index in [1.807, 2.05) is 30.5 Å². The third-order valence-corrected chi connectivity index (χ3v) is 3.68. The van der Waals surface area contributed by atoms with Gasteiger partial charge in [-0.3, -0.25) is 9.48 Å². The monoisotopic (exact) mass is 335 g/mol. The van der Waals surface area contributed by atoms with Crippen LogP contribution in [0.3, 0.4) is 0 Å². The van der Waals surface area contributed by atoms with Crippen molar-refractivity contribution >= 4 is 11.9 Å². The zero-order chi connectivity index (χ0) is 17.6. The summed E-state index contributed by atoms with van der Waals surface area (Å²) in [7, 11) is 0. The molecule has 3 aromatic rings. The molecule has 3 rings (SSSR count). The van der Waals surface area contributed by atoms with Gasteiger partial charge in [-0.05, 0) is 23.8 Å². The van der Waals surface area contributed by atoms with Crippen molar-refractivity contribution in [3.63, 3.8) is 0 Å². The maximum atomic E-state index is 12.3. The minimum Gasteiger partial charge on any atom is -0.444 e. The number of benzene rings is 2. The van der Waals surface area contributed by atoms with Gasteiger partial charge in [-0.2, -0.15) is 5.10 Å². The second kappa shape index (κ2) is 7.44. The number of carbonyl (C=O) groups excluding carboxylic acids is 2. The van der Waals surface area contributed by atoms with Crippen molar-refractivity contribution in [1.82, 2.24) is 9.78 Å². The van der Waals surface area contributed by atoms with E-state index in [1.165, 1.54) is 0 Å². The first kappa shape index (κ1) is 16.4. The van der Waals surface area contributed by atoms with Crippen molar-refractivity contribution in [3.05, 3.63) is 89.7 Å². The van der Waals surface area contributed by atoms with Crippen LogP contribution in [0.1, 0.15) is 27.6 Å². The summed E-state index contributed by atoms with van der Waals surface area (Å²) in [6.07, 6.45) is 2.45. The lowest BCUT2D eigenvalue weighted by Crippen LogP contribution is -2.26. The van der Waals surface area contributed by atoms with E-state index in [0.29, 0.717) is 17.7 Å². The topological polar surface area (TPSA) is 87.2 Å². The Balaban J connectivity index is 1.70. The lowest BCUT2D eigenvalue weighted by Gasteiger charge is -2.15. The zero-order valence-electron chi connectivity index (χ0n) is 13.4. The zero-order valence-corrected chi connectivity index (χ0v) is 13.4. The highest BCUT2D eigenvalue weighted by Crippen LogP contribution is 2.19. The van der Waals surface area contributed by atoms with Gasteiger partial charge in [0, 0.05) is 18.0 Å². The third-order valence-electron chi connectivity index (χ3n) is 3.68. The fourth-order valence-corrected chi connectivity index (χ4v) is 2.42. The van der Waals surface area contributed by atoms with E-state index in [2.05, 4.69) is 5.10 Å². The van der Waals surface area contributed by atoms with E-state index in [1.54, 1.807) is 47.3 Å². The molecular weight excluding hydrogens is 318 g/mol. The van der Waals surface area contributed by atoms with Gasteiger partial charge in [-0.1, -0.05) is 42.5 Å². The third kappa shape index (κ3) is 4.11. The van der Waals surface area contributed by atoms with Gasteiger partial charge in [-0.25, -0.2) is 4.79 Å². The van der Waals surface area contributed by atoms with E-state index in [-0.39, 0.29) is 0 Å². The first-order valence-corrected chi connectivity index (χ1v) is 7.75. The fraction of sp³-hybridized carbons (Fsp3) is 0.105. The molecule has 2 aromatic carbocycles. The van der Waals surface area contributed by atoms with Crippen molar-refractivity contribution in [2.24, 2.45) is 5.73 Å². The Bertz CT molecular complexity index is 843. The molecular formula is C19H17N3O3. The molecule has 1 heterocycles. The molecule has 0 aliphatic heterocycles. The molecule has 2 N–H and O–H groups in total. The smallest absolute Gasteiger partial charge is 0.339 e. The molecule has 0 aliphatic rings. The van der Waals surface area contributed by atoms with Crippen LogP contribution in [0, 0.1) is 0 Å². The normalized spacial score (nSPS) is 11.7. The number of carbonyl (C=O) groups is 2.